The molecule has 2 aromatic heterocycles. The van der Waals surface area contributed by atoms with E-state index in [4.69, 9.17) is 10.5 Å². The molecule has 3 rings (SSSR count). The molecule has 0 radical (unpaired) electrons. The average Bonchev–Trinajstić information content (AvgIpc) is 3.32. The molecule has 1 aromatic carbocycles. The number of benzene rings is 1. The Hall–Kier alpha value is -3.20. The van der Waals surface area contributed by atoms with Crippen molar-refractivity contribution in [3.63, 3.8) is 0 Å². The summed E-state index contributed by atoms with van der Waals surface area (Å²) < 4.78 is 8.44. The molecule has 0 unspecified atom stereocenters. The highest BCUT2D eigenvalue weighted by Gasteiger charge is 2.16. The lowest BCUT2D eigenvalue weighted by molar-refractivity contribution is 0.0934. The predicted molar refractivity (Wildman–Crippen MR) is 95.1 cm³/mol. The summed E-state index contributed by atoms with van der Waals surface area (Å²) in [6.07, 6.45) is 5.17. The summed E-state index contributed by atoms with van der Waals surface area (Å²) in [6, 6.07) is 7.33. The molecular weight excluding hydrogens is 334 g/mol. The number of methoxy groups -OCH3 is 1. The normalized spacial score (nSPS) is 12.0. The van der Waals surface area contributed by atoms with Crippen molar-refractivity contribution in [1.82, 2.24) is 30.1 Å². The van der Waals surface area contributed by atoms with Gasteiger partial charge in [-0.2, -0.15) is 5.10 Å². The van der Waals surface area contributed by atoms with Gasteiger partial charge in [-0.15, -0.1) is 5.10 Å². The molecule has 3 N–H and O–H groups in total. The van der Waals surface area contributed by atoms with Gasteiger partial charge in [-0.05, 0) is 31.2 Å². The summed E-state index contributed by atoms with van der Waals surface area (Å²) >= 11 is 0. The van der Waals surface area contributed by atoms with Gasteiger partial charge < -0.3 is 15.8 Å². The Kier molecular flexibility index (Phi) is 5.28. The van der Waals surface area contributed by atoms with Crippen LogP contribution in [0.3, 0.4) is 0 Å². The summed E-state index contributed by atoms with van der Waals surface area (Å²) in [5, 5.41) is 15.0. The zero-order valence-electron chi connectivity index (χ0n) is 14.7. The summed E-state index contributed by atoms with van der Waals surface area (Å²) in [5.41, 5.74) is 7.50. The first-order valence-corrected chi connectivity index (χ1v) is 8.20. The lowest BCUT2D eigenvalue weighted by Gasteiger charge is -2.10. The highest BCUT2D eigenvalue weighted by Crippen LogP contribution is 2.17. The Morgan fingerprint density at radius 1 is 1.31 bits per heavy atom. The summed E-state index contributed by atoms with van der Waals surface area (Å²) in [4.78, 5) is 12.3. The number of carbonyl (C=O) groups is 1. The number of nitrogens with two attached hydrogens (primary N) is 1. The van der Waals surface area contributed by atoms with Crippen LogP contribution in [0.25, 0.3) is 5.69 Å². The average molecular weight is 355 g/mol. The van der Waals surface area contributed by atoms with E-state index in [1.165, 1.54) is 0 Å². The fourth-order valence-corrected chi connectivity index (χ4v) is 2.43. The molecule has 0 aliphatic heterocycles. The molecule has 9 heteroatoms. The van der Waals surface area contributed by atoms with Crippen LogP contribution in [-0.2, 0) is 6.54 Å². The van der Waals surface area contributed by atoms with Crippen LogP contribution >= 0.6 is 0 Å². The number of amides is 1. The quantitative estimate of drug-likeness (QED) is 0.652. The minimum atomic E-state index is -0.294. The molecule has 0 spiro atoms. The number of aromatic nitrogens is 5. The number of nitrogens with one attached hydrogen (secondary N) is 1. The minimum Gasteiger partial charge on any atom is -0.497 e. The molecule has 0 bridgehead atoms. The van der Waals surface area contributed by atoms with Crippen LogP contribution in [0.15, 0.2) is 42.9 Å². The van der Waals surface area contributed by atoms with Crippen LogP contribution in [0.2, 0.25) is 0 Å². The van der Waals surface area contributed by atoms with Crippen LogP contribution in [0.1, 0.15) is 29.0 Å². The number of hydrogen-bond donors (Lipinski definition) is 2. The van der Waals surface area contributed by atoms with Crippen molar-refractivity contribution in [2.24, 2.45) is 5.73 Å². The van der Waals surface area contributed by atoms with Gasteiger partial charge in [0.1, 0.15) is 5.75 Å². The number of nitrogens with zero attached hydrogens (tertiary/aromatic N) is 5. The van der Waals surface area contributed by atoms with E-state index in [9.17, 15) is 4.79 Å². The zero-order chi connectivity index (χ0) is 18.5. The van der Waals surface area contributed by atoms with Crippen molar-refractivity contribution >= 4 is 5.91 Å². The molecule has 0 saturated carbocycles. The number of hydrogen-bond acceptors (Lipinski definition) is 6. The van der Waals surface area contributed by atoms with Gasteiger partial charge in [0, 0.05) is 18.3 Å². The third-order valence-corrected chi connectivity index (χ3v) is 3.92. The fraction of sp³-hybridized carbons (Fsp3) is 0.294. The van der Waals surface area contributed by atoms with Gasteiger partial charge in [-0.25, -0.2) is 4.68 Å². The smallest absolute Gasteiger partial charge is 0.273 e. The molecule has 2 heterocycles. The topological polar surface area (TPSA) is 113 Å². The summed E-state index contributed by atoms with van der Waals surface area (Å²) in [6.45, 7) is 2.84. The Balaban J connectivity index is 1.66. The van der Waals surface area contributed by atoms with Crippen molar-refractivity contribution in [3.05, 3.63) is 54.1 Å². The van der Waals surface area contributed by atoms with Crippen LogP contribution in [0.4, 0.5) is 0 Å². The molecule has 1 atom stereocenters. The third-order valence-electron chi connectivity index (χ3n) is 3.92. The van der Waals surface area contributed by atoms with Gasteiger partial charge in [0.15, 0.2) is 5.69 Å². The van der Waals surface area contributed by atoms with Crippen LogP contribution < -0.4 is 15.8 Å². The summed E-state index contributed by atoms with van der Waals surface area (Å²) in [7, 11) is 1.62. The van der Waals surface area contributed by atoms with E-state index in [2.05, 4.69) is 20.7 Å². The van der Waals surface area contributed by atoms with Gasteiger partial charge in [0.2, 0.25) is 0 Å². The Labute approximate surface area is 150 Å². The molecular formula is C17H21N7O2. The highest BCUT2D eigenvalue weighted by molar-refractivity contribution is 5.92. The Morgan fingerprint density at radius 3 is 2.77 bits per heavy atom. The van der Waals surface area contributed by atoms with Crippen molar-refractivity contribution in [2.75, 3.05) is 13.7 Å². The minimum absolute atomic E-state index is 0.228. The van der Waals surface area contributed by atoms with Gasteiger partial charge in [-0.3, -0.25) is 9.48 Å². The summed E-state index contributed by atoms with van der Waals surface area (Å²) in [5.74, 6) is 0.488. The lowest BCUT2D eigenvalue weighted by Crippen LogP contribution is -2.26. The lowest BCUT2D eigenvalue weighted by atomic mass is 10.2. The highest BCUT2D eigenvalue weighted by atomic mass is 16.5. The fourth-order valence-electron chi connectivity index (χ4n) is 2.43. The molecule has 26 heavy (non-hydrogen) atoms. The van der Waals surface area contributed by atoms with E-state index in [0.29, 0.717) is 13.1 Å². The number of ether oxygens (including phenoxy) is 1. The maximum atomic E-state index is 12.3. The largest absolute Gasteiger partial charge is 0.497 e. The molecule has 1 amide bonds. The van der Waals surface area contributed by atoms with E-state index in [-0.39, 0.29) is 17.6 Å². The molecule has 0 aliphatic rings. The molecule has 0 fully saturated rings. The van der Waals surface area contributed by atoms with E-state index in [1.54, 1.807) is 28.9 Å². The molecule has 9 nitrogen and oxygen atoms in total. The van der Waals surface area contributed by atoms with E-state index >= 15 is 0 Å². The van der Waals surface area contributed by atoms with Crippen molar-refractivity contribution < 1.29 is 9.53 Å². The standard InChI is InChI=1S/C17H21N7O2/c1-12(20-17(25)16-11-23(8-7-18)22-21-16)13-9-19-24(10-13)14-3-5-15(26-2)6-4-14/h3-6,9-12H,7-8,18H2,1-2H3,(H,20,25)/t12-/m0/s1. The van der Waals surface area contributed by atoms with E-state index < -0.39 is 0 Å². The monoisotopic (exact) mass is 355 g/mol. The van der Waals surface area contributed by atoms with Gasteiger partial charge in [-0.1, -0.05) is 5.21 Å². The Bertz CT molecular complexity index is 869. The predicted octanol–water partition coefficient (Wildman–Crippen LogP) is 0.922. The molecule has 136 valence electrons. The van der Waals surface area contributed by atoms with Crippen LogP contribution in [-0.4, -0.2) is 44.3 Å². The Morgan fingerprint density at radius 2 is 2.08 bits per heavy atom. The number of rotatable bonds is 7. The third kappa shape index (κ3) is 3.89. The SMILES string of the molecule is COc1ccc(-n2cc([C@H](C)NC(=O)c3cn(CCN)nn3)cn2)cc1. The van der Waals surface area contributed by atoms with E-state index in [0.717, 1.165) is 17.0 Å². The van der Waals surface area contributed by atoms with Crippen LogP contribution in [0, 0.1) is 0 Å². The van der Waals surface area contributed by atoms with Gasteiger partial charge >= 0.3 is 0 Å². The van der Waals surface area contributed by atoms with E-state index in [1.807, 2.05) is 37.4 Å². The second-order valence-corrected chi connectivity index (χ2v) is 5.77. The van der Waals surface area contributed by atoms with Crippen molar-refractivity contribution in [2.45, 2.75) is 19.5 Å². The zero-order valence-corrected chi connectivity index (χ0v) is 14.7. The maximum absolute atomic E-state index is 12.3. The second-order valence-electron chi connectivity index (χ2n) is 5.77. The number of carbonyl (C=O) groups excluding carboxylic acids is 1. The molecule has 0 saturated heterocycles. The first-order chi connectivity index (χ1) is 12.6. The first-order valence-electron chi connectivity index (χ1n) is 8.20. The maximum Gasteiger partial charge on any atom is 0.273 e. The van der Waals surface area contributed by atoms with Gasteiger partial charge in [0.25, 0.3) is 5.91 Å². The second kappa shape index (κ2) is 7.79. The van der Waals surface area contributed by atoms with Crippen LogP contribution in [0.5, 0.6) is 5.75 Å². The molecule has 0 aliphatic carbocycles. The van der Waals surface area contributed by atoms with Gasteiger partial charge in [0.05, 0.1) is 37.8 Å². The van der Waals surface area contributed by atoms with Crippen molar-refractivity contribution in [3.8, 4) is 11.4 Å². The van der Waals surface area contributed by atoms with Crippen molar-refractivity contribution in [1.29, 1.82) is 0 Å². The molecule has 3 aromatic rings. The first kappa shape index (κ1) is 17.6.